The van der Waals surface area contributed by atoms with Gasteiger partial charge >= 0.3 is 0 Å². The topological polar surface area (TPSA) is 58.6 Å². The molecule has 0 aliphatic heterocycles. The van der Waals surface area contributed by atoms with Crippen LogP contribution in [0.1, 0.15) is 25.3 Å². The van der Waals surface area contributed by atoms with Crippen LogP contribution in [0.15, 0.2) is 24.3 Å². The molecule has 0 aliphatic rings. The maximum absolute atomic E-state index is 11.4. The molecular weight excluding hydrogens is 218 g/mol. The van der Waals surface area contributed by atoms with E-state index in [-0.39, 0.29) is 11.7 Å². The van der Waals surface area contributed by atoms with Crippen molar-refractivity contribution < 1.29 is 14.6 Å². The summed E-state index contributed by atoms with van der Waals surface area (Å²) in [5.41, 5.74) is 0.964. The van der Waals surface area contributed by atoms with Crippen LogP contribution in [0.25, 0.3) is 0 Å². The van der Waals surface area contributed by atoms with Gasteiger partial charge in [0, 0.05) is 19.6 Å². The van der Waals surface area contributed by atoms with Gasteiger partial charge in [0.2, 0.25) is 5.91 Å². The van der Waals surface area contributed by atoms with Gasteiger partial charge in [0.25, 0.3) is 0 Å². The van der Waals surface area contributed by atoms with Crippen molar-refractivity contribution in [2.45, 2.75) is 26.3 Å². The van der Waals surface area contributed by atoms with E-state index in [1.165, 1.54) is 0 Å². The van der Waals surface area contributed by atoms with E-state index in [9.17, 15) is 4.79 Å². The molecule has 0 saturated carbocycles. The number of hydrogen-bond acceptors (Lipinski definition) is 3. The molecule has 4 heteroatoms. The number of phenols is 1. The summed E-state index contributed by atoms with van der Waals surface area (Å²) in [6, 6.07) is 6.77. The van der Waals surface area contributed by atoms with Gasteiger partial charge in [-0.15, -0.1) is 0 Å². The van der Waals surface area contributed by atoms with Gasteiger partial charge in [0.15, 0.2) is 0 Å². The number of benzene rings is 1. The van der Waals surface area contributed by atoms with Gasteiger partial charge in [-0.25, -0.2) is 0 Å². The predicted octanol–water partition coefficient (Wildman–Crippen LogP) is 1.83. The first-order valence-corrected chi connectivity index (χ1v) is 5.84. The van der Waals surface area contributed by atoms with Crippen LogP contribution in [0.4, 0.5) is 0 Å². The lowest BCUT2D eigenvalue weighted by molar-refractivity contribution is -0.122. The average molecular weight is 237 g/mol. The van der Waals surface area contributed by atoms with Crippen molar-refractivity contribution in [3.05, 3.63) is 29.8 Å². The molecule has 0 atom stereocenters. The lowest BCUT2D eigenvalue weighted by Crippen LogP contribution is -2.23. The summed E-state index contributed by atoms with van der Waals surface area (Å²) in [6.45, 7) is 3.68. The zero-order valence-electron chi connectivity index (χ0n) is 10.1. The molecule has 4 nitrogen and oxygen atoms in total. The molecule has 2 N–H and O–H groups in total. The number of ether oxygens (including phenoxy) is 1. The number of amides is 1. The van der Waals surface area contributed by atoms with Gasteiger partial charge in [0.05, 0.1) is 6.61 Å². The lowest BCUT2D eigenvalue weighted by Gasteiger charge is -2.06. The standard InChI is InChI=1S/C13H19NO3/c1-2-8-17-9-7-13(16)14-10-11-3-5-12(15)6-4-11/h3-6,15H,2,7-10H2,1H3,(H,14,16). The monoisotopic (exact) mass is 237 g/mol. The van der Waals surface area contributed by atoms with Crippen LogP contribution in [0.2, 0.25) is 0 Å². The first-order chi connectivity index (χ1) is 8.22. The van der Waals surface area contributed by atoms with Gasteiger partial charge in [-0.05, 0) is 24.1 Å². The van der Waals surface area contributed by atoms with Crippen molar-refractivity contribution in [1.82, 2.24) is 5.32 Å². The number of rotatable bonds is 7. The fourth-order valence-electron chi connectivity index (χ4n) is 1.31. The van der Waals surface area contributed by atoms with Crippen molar-refractivity contribution in [1.29, 1.82) is 0 Å². The van der Waals surface area contributed by atoms with Gasteiger partial charge in [-0.3, -0.25) is 4.79 Å². The number of hydrogen-bond donors (Lipinski definition) is 2. The molecule has 94 valence electrons. The SMILES string of the molecule is CCCOCCC(=O)NCc1ccc(O)cc1. The van der Waals surface area contributed by atoms with Gasteiger partial charge < -0.3 is 15.2 Å². The Balaban J connectivity index is 2.17. The largest absolute Gasteiger partial charge is 0.508 e. The number of phenolic OH excluding ortho intramolecular Hbond substituents is 1. The second kappa shape index (κ2) is 7.68. The van der Waals surface area contributed by atoms with Crippen molar-refractivity contribution in [3.63, 3.8) is 0 Å². The first kappa shape index (κ1) is 13.5. The number of carbonyl (C=O) groups is 1. The van der Waals surface area contributed by atoms with Gasteiger partial charge in [-0.2, -0.15) is 0 Å². The zero-order chi connectivity index (χ0) is 12.5. The van der Waals surface area contributed by atoms with E-state index in [4.69, 9.17) is 9.84 Å². The highest BCUT2D eigenvalue weighted by Gasteiger charge is 2.01. The third-order valence-electron chi connectivity index (χ3n) is 2.25. The highest BCUT2D eigenvalue weighted by atomic mass is 16.5. The Hall–Kier alpha value is -1.55. The van der Waals surface area contributed by atoms with Crippen LogP contribution >= 0.6 is 0 Å². The Bertz CT molecular complexity index is 335. The van der Waals surface area contributed by atoms with E-state index in [2.05, 4.69) is 5.32 Å². The summed E-state index contributed by atoms with van der Waals surface area (Å²) < 4.78 is 5.23. The summed E-state index contributed by atoms with van der Waals surface area (Å²) in [5.74, 6) is 0.210. The fraction of sp³-hybridized carbons (Fsp3) is 0.462. The molecular formula is C13H19NO3. The average Bonchev–Trinajstić information content (AvgIpc) is 2.34. The molecule has 1 aromatic carbocycles. The third-order valence-corrected chi connectivity index (χ3v) is 2.25. The molecule has 17 heavy (non-hydrogen) atoms. The van der Waals surface area contributed by atoms with Crippen LogP contribution in [0.5, 0.6) is 5.75 Å². The first-order valence-electron chi connectivity index (χ1n) is 5.84. The lowest BCUT2D eigenvalue weighted by atomic mass is 10.2. The second-order valence-corrected chi connectivity index (χ2v) is 3.81. The molecule has 0 radical (unpaired) electrons. The molecule has 0 aliphatic carbocycles. The fourth-order valence-corrected chi connectivity index (χ4v) is 1.31. The summed E-state index contributed by atoms with van der Waals surface area (Å²) in [7, 11) is 0. The molecule has 0 bridgehead atoms. The summed E-state index contributed by atoms with van der Waals surface area (Å²) in [6.07, 6.45) is 1.35. The number of carbonyl (C=O) groups excluding carboxylic acids is 1. The molecule has 0 saturated heterocycles. The minimum Gasteiger partial charge on any atom is -0.508 e. The van der Waals surface area contributed by atoms with Crippen molar-refractivity contribution in [2.75, 3.05) is 13.2 Å². The third kappa shape index (κ3) is 5.92. The number of aromatic hydroxyl groups is 1. The molecule has 0 fully saturated rings. The Labute approximate surface area is 102 Å². The minimum absolute atomic E-state index is 0.0193. The highest BCUT2D eigenvalue weighted by Crippen LogP contribution is 2.09. The van der Waals surface area contributed by atoms with Crippen LogP contribution in [0.3, 0.4) is 0 Å². The van der Waals surface area contributed by atoms with E-state index in [0.29, 0.717) is 26.2 Å². The van der Waals surface area contributed by atoms with E-state index in [0.717, 1.165) is 12.0 Å². The molecule has 1 amide bonds. The van der Waals surface area contributed by atoms with Crippen LogP contribution < -0.4 is 5.32 Å². The highest BCUT2D eigenvalue weighted by molar-refractivity contribution is 5.75. The van der Waals surface area contributed by atoms with E-state index in [1.54, 1.807) is 24.3 Å². The molecule has 0 unspecified atom stereocenters. The quantitative estimate of drug-likeness (QED) is 0.711. The Morgan fingerprint density at radius 2 is 2.00 bits per heavy atom. The van der Waals surface area contributed by atoms with Crippen LogP contribution in [-0.2, 0) is 16.1 Å². The van der Waals surface area contributed by atoms with E-state index < -0.39 is 0 Å². The smallest absolute Gasteiger partial charge is 0.222 e. The summed E-state index contributed by atoms with van der Waals surface area (Å²) in [5, 5.41) is 11.9. The van der Waals surface area contributed by atoms with Crippen molar-refractivity contribution in [2.24, 2.45) is 0 Å². The molecule has 0 spiro atoms. The molecule has 0 aromatic heterocycles. The second-order valence-electron chi connectivity index (χ2n) is 3.81. The summed E-state index contributed by atoms with van der Waals surface area (Å²) in [4.78, 5) is 11.4. The van der Waals surface area contributed by atoms with Crippen molar-refractivity contribution in [3.8, 4) is 5.75 Å². The van der Waals surface area contributed by atoms with Crippen LogP contribution in [-0.4, -0.2) is 24.2 Å². The Morgan fingerprint density at radius 3 is 2.65 bits per heavy atom. The van der Waals surface area contributed by atoms with Crippen molar-refractivity contribution >= 4 is 5.91 Å². The van der Waals surface area contributed by atoms with Gasteiger partial charge in [-0.1, -0.05) is 19.1 Å². The minimum atomic E-state index is -0.0193. The molecule has 1 aromatic rings. The van der Waals surface area contributed by atoms with Crippen LogP contribution in [0, 0.1) is 0 Å². The number of nitrogens with one attached hydrogen (secondary N) is 1. The predicted molar refractivity (Wildman–Crippen MR) is 65.7 cm³/mol. The maximum atomic E-state index is 11.4. The Morgan fingerprint density at radius 1 is 1.29 bits per heavy atom. The Kier molecular flexibility index (Phi) is 6.10. The maximum Gasteiger partial charge on any atom is 0.222 e. The van der Waals surface area contributed by atoms with E-state index in [1.807, 2.05) is 6.92 Å². The van der Waals surface area contributed by atoms with E-state index >= 15 is 0 Å². The summed E-state index contributed by atoms with van der Waals surface area (Å²) >= 11 is 0. The normalized spacial score (nSPS) is 10.2. The molecule has 0 heterocycles. The zero-order valence-corrected chi connectivity index (χ0v) is 10.1. The molecule has 1 rings (SSSR count). The van der Waals surface area contributed by atoms with Gasteiger partial charge in [0.1, 0.15) is 5.75 Å².